The second-order valence-corrected chi connectivity index (χ2v) is 5.17. The Kier molecular flexibility index (Phi) is 4.29. The van der Waals surface area contributed by atoms with Crippen LogP contribution in [0.25, 0.3) is 5.69 Å². The van der Waals surface area contributed by atoms with Gasteiger partial charge in [-0.15, -0.1) is 0 Å². The maximum Gasteiger partial charge on any atom is 0.247 e. The van der Waals surface area contributed by atoms with Crippen LogP contribution in [0.3, 0.4) is 0 Å². The molecule has 0 saturated heterocycles. The van der Waals surface area contributed by atoms with Gasteiger partial charge < -0.3 is 10.4 Å². The van der Waals surface area contributed by atoms with Crippen molar-refractivity contribution in [3.63, 3.8) is 0 Å². The molecular weight excluding hydrogens is 297 g/mol. The van der Waals surface area contributed by atoms with E-state index in [2.05, 4.69) is 20.8 Å². The number of hydrogen-bond acceptors (Lipinski definition) is 5. The lowest BCUT2D eigenvalue weighted by molar-refractivity contribution is 0.186. The Bertz CT molecular complexity index is 787. The van der Waals surface area contributed by atoms with Gasteiger partial charge in [0.1, 0.15) is 5.82 Å². The van der Waals surface area contributed by atoms with Crippen molar-refractivity contribution in [2.45, 2.75) is 13.0 Å². The zero-order chi connectivity index (χ0) is 16.2. The number of anilines is 1. The van der Waals surface area contributed by atoms with Crippen LogP contribution in [0.4, 0.5) is 10.3 Å². The first-order chi connectivity index (χ1) is 11.1. The fourth-order valence-corrected chi connectivity index (χ4v) is 2.20. The van der Waals surface area contributed by atoms with E-state index < -0.39 is 11.9 Å². The molecule has 0 radical (unpaired) electrons. The number of halogens is 1. The zero-order valence-corrected chi connectivity index (χ0v) is 12.5. The summed E-state index contributed by atoms with van der Waals surface area (Å²) in [5, 5.41) is 24.5. The molecule has 7 heteroatoms. The molecule has 0 fully saturated rings. The van der Waals surface area contributed by atoms with E-state index in [1.807, 2.05) is 31.2 Å². The smallest absolute Gasteiger partial charge is 0.247 e. The second kappa shape index (κ2) is 6.53. The molecule has 6 nitrogen and oxygen atoms in total. The van der Waals surface area contributed by atoms with Crippen LogP contribution >= 0.6 is 0 Å². The minimum Gasteiger partial charge on any atom is -0.386 e. The number of aromatic nitrogens is 4. The number of nitrogens with zero attached hydrogens (tertiary/aromatic N) is 4. The number of benzene rings is 2. The van der Waals surface area contributed by atoms with E-state index in [1.54, 1.807) is 18.2 Å². The molecule has 0 aliphatic rings. The minimum atomic E-state index is -1.00. The average Bonchev–Trinajstić information content (AvgIpc) is 3.02. The number of tetrazole rings is 1. The van der Waals surface area contributed by atoms with E-state index in [1.165, 1.54) is 10.7 Å². The Morgan fingerprint density at radius 1 is 1.17 bits per heavy atom. The van der Waals surface area contributed by atoms with Crippen LogP contribution in [-0.4, -0.2) is 31.9 Å². The summed E-state index contributed by atoms with van der Waals surface area (Å²) >= 11 is 0. The monoisotopic (exact) mass is 313 g/mol. The van der Waals surface area contributed by atoms with E-state index in [-0.39, 0.29) is 12.1 Å². The lowest BCUT2D eigenvalue weighted by atomic mass is 10.1. The molecule has 0 bridgehead atoms. The molecular formula is C16H16FN5O. The van der Waals surface area contributed by atoms with Crippen molar-refractivity contribution in [3.8, 4) is 5.69 Å². The van der Waals surface area contributed by atoms with Gasteiger partial charge in [0.2, 0.25) is 5.95 Å². The van der Waals surface area contributed by atoms with Gasteiger partial charge in [0.05, 0.1) is 11.8 Å². The highest BCUT2D eigenvalue weighted by molar-refractivity contribution is 5.40. The molecule has 1 atom stereocenters. The first kappa shape index (κ1) is 15.1. The Morgan fingerprint density at radius 2 is 1.91 bits per heavy atom. The number of rotatable bonds is 5. The SMILES string of the molecule is Cc1ccc(-n2nnnc2NCC(O)c2ccccc2F)cc1. The van der Waals surface area contributed by atoms with Gasteiger partial charge in [-0.2, -0.15) is 4.68 Å². The fourth-order valence-electron chi connectivity index (χ4n) is 2.20. The standard InChI is InChI=1S/C16H16FN5O/c1-11-6-8-12(9-7-11)22-16(19-20-21-22)18-10-15(23)13-4-2-3-5-14(13)17/h2-9,15,23H,10H2,1H3,(H,18,19,21). The van der Waals surface area contributed by atoms with Crippen LogP contribution in [0.2, 0.25) is 0 Å². The summed E-state index contributed by atoms with van der Waals surface area (Å²) in [5.41, 5.74) is 2.16. The van der Waals surface area contributed by atoms with Crippen LogP contribution in [-0.2, 0) is 0 Å². The van der Waals surface area contributed by atoms with E-state index in [0.29, 0.717) is 5.95 Å². The maximum absolute atomic E-state index is 13.7. The maximum atomic E-state index is 13.7. The first-order valence-electron chi connectivity index (χ1n) is 7.17. The highest BCUT2D eigenvalue weighted by Crippen LogP contribution is 2.18. The highest BCUT2D eigenvalue weighted by atomic mass is 19.1. The normalized spacial score (nSPS) is 12.1. The van der Waals surface area contributed by atoms with Crippen molar-refractivity contribution >= 4 is 5.95 Å². The summed E-state index contributed by atoms with van der Waals surface area (Å²) in [5.74, 6) is -0.0656. The number of nitrogens with one attached hydrogen (secondary N) is 1. The number of aryl methyl sites for hydroxylation is 1. The van der Waals surface area contributed by atoms with Gasteiger partial charge in [0.15, 0.2) is 0 Å². The van der Waals surface area contributed by atoms with Crippen LogP contribution in [0, 0.1) is 12.7 Å². The van der Waals surface area contributed by atoms with Gasteiger partial charge in [-0.25, -0.2) is 4.39 Å². The molecule has 1 unspecified atom stereocenters. The molecule has 0 spiro atoms. The third-order valence-electron chi connectivity index (χ3n) is 3.47. The van der Waals surface area contributed by atoms with Crippen LogP contribution in [0.15, 0.2) is 48.5 Å². The van der Waals surface area contributed by atoms with E-state index >= 15 is 0 Å². The summed E-state index contributed by atoms with van der Waals surface area (Å²) in [6, 6.07) is 13.8. The van der Waals surface area contributed by atoms with Crippen molar-refractivity contribution in [1.29, 1.82) is 0 Å². The Labute approximate surface area is 132 Å². The molecule has 1 aromatic heterocycles. The number of hydrogen-bond donors (Lipinski definition) is 2. The average molecular weight is 313 g/mol. The van der Waals surface area contributed by atoms with E-state index in [4.69, 9.17) is 0 Å². The summed E-state index contributed by atoms with van der Waals surface area (Å²) in [6.45, 7) is 2.08. The van der Waals surface area contributed by atoms with Crippen LogP contribution < -0.4 is 5.32 Å². The summed E-state index contributed by atoms with van der Waals surface area (Å²) < 4.78 is 15.2. The Balaban J connectivity index is 1.73. The van der Waals surface area contributed by atoms with Gasteiger partial charge >= 0.3 is 0 Å². The molecule has 3 aromatic rings. The molecule has 0 aliphatic carbocycles. The largest absolute Gasteiger partial charge is 0.386 e. The van der Waals surface area contributed by atoms with Crippen molar-refractivity contribution in [3.05, 3.63) is 65.5 Å². The van der Waals surface area contributed by atoms with Gasteiger partial charge in [0.25, 0.3) is 0 Å². The predicted molar refractivity (Wildman–Crippen MR) is 83.7 cm³/mol. The molecule has 1 heterocycles. The molecule has 23 heavy (non-hydrogen) atoms. The lowest BCUT2D eigenvalue weighted by Gasteiger charge is -2.13. The lowest BCUT2D eigenvalue weighted by Crippen LogP contribution is -2.16. The quantitative estimate of drug-likeness (QED) is 0.755. The summed E-state index contributed by atoms with van der Waals surface area (Å²) in [6.07, 6.45) is -1.00. The van der Waals surface area contributed by atoms with Crippen molar-refractivity contribution in [2.75, 3.05) is 11.9 Å². The Morgan fingerprint density at radius 3 is 2.65 bits per heavy atom. The second-order valence-electron chi connectivity index (χ2n) is 5.17. The summed E-state index contributed by atoms with van der Waals surface area (Å²) in [7, 11) is 0. The molecule has 118 valence electrons. The van der Waals surface area contributed by atoms with Crippen molar-refractivity contribution < 1.29 is 9.50 Å². The van der Waals surface area contributed by atoms with E-state index in [9.17, 15) is 9.50 Å². The minimum absolute atomic E-state index is 0.0904. The molecule has 0 aliphatic heterocycles. The summed E-state index contributed by atoms with van der Waals surface area (Å²) in [4.78, 5) is 0. The molecule has 2 aromatic carbocycles. The molecule has 0 amide bonds. The van der Waals surface area contributed by atoms with Gasteiger partial charge in [-0.05, 0) is 35.5 Å². The third kappa shape index (κ3) is 3.35. The van der Waals surface area contributed by atoms with Crippen molar-refractivity contribution in [1.82, 2.24) is 20.2 Å². The molecule has 0 saturated carbocycles. The first-order valence-corrected chi connectivity index (χ1v) is 7.17. The van der Waals surface area contributed by atoms with Crippen LogP contribution in [0.1, 0.15) is 17.2 Å². The number of aliphatic hydroxyl groups is 1. The molecule has 2 N–H and O–H groups in total. The predicted octanol–water partition coefficient (Wildman–Crippen LogP) is 2.26. The number of aliphatic hydroxyl groups excluding tert-OH is 1. The van der Waals surface area contributed by atoms with Gasteiger partial charge in [-0.3, -0.25) is 0 Å². The van der Waals surface area contributed by atoms with Crippen molar-refractivity contribution in [2.24, 2.45) is 0 Å². The van der Waals surface area contributed by atoms with Crippen LogP contribution in [0.5, 0.6) is 0 Å². The van der Waals surface area contributed by atoms with Gasteiger partial charge in [0, 0.05) is 12.1 Å². The zero-order valence-electron chi connectivity index (χ0n) is 12.5. The Hall–Kier alpha value is -2.80. The van der Waals surface area contributed by atoms with E-state index in [0.717, 1.165) is 11.3 Å². The third-order valence-corrected chi connectivity index (χ3v) is 3.47. The highest BCUT2D eigenvalue weighted by Gasteiger charge is 2.14. The topological polar surface area (TPSA) is 75.9 Å². The molecule has 3 rings (SSSR count). The van der Waals surface area contributed by atoms with Gasteiger partial charge in [-0.1, -0.05) is 41.0 Å². The fraction of sp³-hybridized carbons (Fsp3) is 0.188.